The zero-order chi connectivity index (χ0) is 23.3. The second-order valence-corrected chi connectivity index (χ2v) is 10.5. The van der Waals surface area contributed by atoms with Crippen LogP contribution >= 0.6 is 11.8 Å². The fourth-order valence-corrected chi connectivity index (χ4v) is 5.88. The number of nitrogens with one attached hydrogen (secondary N) is 2. The van der Waals surface area contributed by atoms with Gasteiger partial charge in [-0.05, 0) is 55.2 Å². The molecular formula is C22H25N5O4S2. The molecule has 0 fully saturated rings. The number of hydrogen-bond acceptors (Lipinski definition) is 7. The lowest BCUT2D eigenvalue weighted by Gasteiger charge is -2.30. The molecule has 11 heteroatoms. The summed E-state index contributed by atoms with van der Waals surface area (Å²) >= 11 is 1.45. The van der Waals surface area contributed by atoms with Crippen molar-refractivity contribution in [2.45, 2.75) is 29.8 Å². The number of para-hydroxylation sites is 1. The summed E-state index contributed by atoms with van der Waals surface area (Å²) < 4.78 is 33.7. The second-order valence-electron chi connectivity index (χ2n) is 7.51. The first-order valence-corrected chi connectivity index (χ1v) is 13.0. The van der Waals surface area contributed by atoms with Gasteiger partial charge < -0.3 is 10.1 Å². The van der Waals surface area contributed by atoms with Gasteiger partial charge in [-0.3, -0.25) is 14.2 Å². The van der Waals surface area contributed by atoms with Crippen molar-refractivity contribution in [3.63, 3.8) is 0 Å². The molecule has 33 heavy (non-hydrogen) atoms. The van der Waals surface area contributed by atoms with Crippen molar-refractivity contribution in [3.8, 4) is 5.75 Å². The van der Waals surface area contributed by atoms with Gasteiger partial charge in [0.05, 0.1) is 10.6 Å². The van der Waals surface area contributed by atoms with Gasteiger partial charge in [-0.15, -0.1) is 0 Å². The number of H-pyrrole nitrogens is 1. The fraction of sp³-hybridized carbons (Fsp3) is 0.318. The summed E-state index contributed by atoms with van der Waals surface area (Å²) in [6, 6.07) is 12.3. The van der Waals surface area contributed by atoms with Crippen LogP contribution in [0.15, 0.2) is 58.8 Å². The molecule has 0 bridgehead atoms. The quantitative estimate of drug-likeness (QED) is 0.352. The molecule has 9 nitrogen and oxygen atoms in total. The van der Waals surface area contributed by atoms with Crippen LogP contribution in [0.1, 0.15) is 17.5 Å². The molecule has 2 N–H and O–H groups in total. The lowest BCUT2D eigenvalue weighted by atomic mass is 10.0. The molecule has 2 aromatic carbocycles. The van der Waals surface area contributed by atoms with Gasteiger partial charge >= 0.3 is 0 Å². The molecule has 0 radical (unpaired) electrons. The third kappa shape index (κ3) is 5.48. The SMILES string of the molecule is Cc1cc(S(=O)(=O)N2CCCc3ccccc32)ccc1OCC(=O)NCCSc1ncn[nH]1. The van der Waals surface area contributed by atoms with Gasteiger partial charge in [0.1, 0.15) is 12.1 Å². The van der Waals surface area contributed by atoms with Crippen molar-refractivity contribution < 1.29 is 17.9 Å². The molecule has 0 aliphatic carbocycles. The molecule has 0 saturated heterocycles. The predicted molar refractivity (Wildman–Crippen MR) is 126 cm³/mol. The molecule has 1 aromatic heterocycles. The van der Waals surface area contributed by atoms with Crippen molar-refractivity contribution in [2.24, 2.45) is 0 Å². The third-order valence-electron chi connectivity index (χ3n) is 5.22. The molecular weight excluding hydrogens is 462 g/mol. The molecule has 4 rings (SSSR count). The monoisotopic (exact) mass is 487 g/mol. The molecule has 0 atom stereocenters. The van der Waals surface area contributed by atoms with Crippen LogP contribution in [0.3, 0.4) is 0 Å². The molecule has 1 aliphatic rings. The van der Waals surface area contributed by atoms with Gasteiger partial charge in [-0.25, -0.2) is 13.4 Å². The summed E-state index contributed by atoms with van der Waals surface area (Å²) in [4.78, 5) is 16.3. The number of thioether (sulfide) groups is 1. The standard InChI is InChI=1S/C22H25N5O4S2/c1-16-13-18(33(29,30)27-11-4-6-17-5-2-3-7-19(17)27)8-9-20(16)31-14-21(28)23-10-12-32-22-24-15-25-26-22/h2-3,5,7-9,13,15H,4,6,10-12,14H2,1H3,(H,23,28)(H,24,25,26). The highest BCUT2D eigenvalue weighted by atomic mass is 32.2. The van der Waals surface area contributed by atoms with Crippen molar-refractivity contribution >= 4 is 33.4 Å². The minimum absolute atomic E-state index is 0.153. The molecule has 3 aromatic rings. The summed E-state index contributed by atoms with van der Waals surface area (Å²) in [5, 5.41) is 9.97. The van der Waals surface area contributed by atoms with E-state index in [1.807, 2.05) is 24.3 Å². The molecule has 2 heterocycles. The zero-order valence-electron chi connectivity index (χ0n) is 18.2. The smallest absolute Gasteiger partial charge is 0.264 e. The van der Waals surface area contributed by atoms with Crippen LogP contribution in [0.2, 0.25) is 0 Å². The summed E-state index contributed by atoms with van der Waals surface area (Å²) in [7, 11) is -3.70. The highest BCUT2D eigenvalue weighted by molar-refractivity contribution is 7.99. The van der Waals surface area contributed by atoms with Crippen LogP contribution in [0.5, 0.6) is 5.75 Å². The van der Waals surface area contributed by atoms with E-state index in [1.54, 1.807) is 19.1 Å². The minimum Gasteiger partial charge on any atom is -0.484 e. The number of sulfonamides is 1. The van der Waals surface area contributed by atoms with E-state index in [4.69, 9.17) is 4.74 Å². The number of aromatic nitrogens is 3. The molecule has 1 amide bonds. The lowest BCUT2D eigenvalue weighted by molar-refractivity contribution is -0.122. The van der Waals surface area contributed by atoms with Gasteiger partial charge in [0.2, 0.25) is 0 Å². The van der Waals surface area contributed by atoms with E-state index in [2.05, 4.69) is 20.5 Å². The Morgan fingerprint density at radius 1 is 1.27 bits per heavy atom. The van der Waals surface area contributed by atoms with E-state index in [9.17, 15) is 13.2 Å². The van der Waals surface area contributed by atoms with Gasteiger partial charge in [0.25, 0.3) is 15.9 Å². The molecule has 0 saturated carbocycles. The Balaban J connectivity index is 1.34. The zero-order valence-corrected chi connectivity index (χ0v) is 19.8. The Morgan fingerprint density at radius 2 is 2.12 bits per heavy atom. The Kier molecular flexibility index (Phi) is 7.19. The first kappa shape index (κ1) is 23.1. The van der Waals surface area contributed by atoms with E-state index in [0.29, 0.717) is 35.3 Å². The van der Waals surface area contributed by atoms with E-state index in [0.717, 1.165) is 24.1 Å². The van der Waals surface area contributed by atoms with E-state index in [-0.39, 0.29) is 17.4 Å². The lowest BCUT2D eigenvalue weighted by Crippen LogP contribution is -2.35. The number of carbonyl (C=O) groups excluding carboxylic acids is 1. The Morgan fingerprint density at radius 3 is 2.91 bits per heavy atom. The van der Waals surface area contributed by atoms with E-state index >= 15 is 0 Å². The molecule has 0 spiro atoms. The number of amides is 1. The van der Waals surface area contributed by atoms with Crippen LogP contribution < -0.4 is 14.4 Å². The van der Waals surface area contributed by atoms with Gasteiger partial charge in [0.15, 0.2) is 11.8 Å². The van der Waals surface area contributed by atoms with Gasteiger partial charge in [-0.1, -0.05) is 30.0 Å². The predicted octanol–water partition coefficient (Wildman–Crippen LogP) is 2.54. The number of rotatable bonds is 9. The molecule has 0 unspecified atom stereocenters. The Hall–Kier alpha value is -3.05. The van der Waals surface area contributed by atoms with Gasteiger partial charge in [0, 0.05) is 18.8 Å². The average Bonchev–Trinajstić information content (AvgIpc) is 3.34. The Bertz CT molecular complexity index is 1220. The number of hydrogen-bond donors (Lipinski definition) is 2. The maximum absolute atomic E-state index is 13.3. The van der Waals surface area contributed by atoms with Crippen molar-refractivity contribution in [1.29, 1.82) is 0 Å². The van der Waals surface area contributed by atoms with Crippen LogP contribution in [0.4, 0.5) is 5.69 Å². The average molecular weight is 488 g/mol. The second kappa shape index (κ2) is 10.3. The number of benzene rings is 2. The fourth-order valence-electron chi connectivity index (χ4n) is 3.62. The van der Waals surface area contributed by atoms with Gasteiger partial charge in [-0.2, -0.15) is 5.10 Å². The number of fused-ring (bicyclic) bond motifs is 1. The van der Waals surface area contributed by atoms with E-state index < -0.39 is 10.0 Å². The summed E-state index contributed by atoms with van der Waals surface area (Å²) in [5.41, 5.74) is 2.42. The first-order chi connectivity index (χ1) is 15.9. The van der Waals surface area contributed by atoms with Crippen molar-refractivity contribution in [1.82, 2.24) is 20.5 Å². The Labute approximate surface area is 197 Å². The molecule has 174 valence electrons. The first-order valence-electron chi connectivity index (χ1n) is 10.5. The number of nitrogens with zero attached hydrogens (tertiary/aromatic N) is 3. The van der Waals surface area contributed by atoms with Crippen LogP contribution in [-0.2, 0) is 21.2 Å². The van der Waals surface area contributed by atoms with Crippen molar-refractivity contribution in [2.75, 3.05) is 29.8 Å². The highest BCUT2D eigenvalue weighted by Gasteiger charge is 2.29. The number of carbonyl (C=O) groups is 1. The third-order valence-corrected chi connectivity index (χ3v) is 7.90. The number of aromatic amines is 1. The largest absolute Gasteiger partial charge is 0.484 e. The van der Waals surface area contributed by atoms with Crippen LogP contribution in [0, 0.1) is 6.92 Å². The number of aryl methyl sites for hydroxylation is 2. The topological polar surface area (TPSA) is 117 Å². The summed E-state index contributed by atoms with van der Waals surface area (Å²) in [6.45, 7) is 2.52. The van der Waals surface area contributed by atoms with Crippen molar-refractivity contribution in [3.05, 3.63) is 59.9 Å². The number of anilines is 1. The normalized spacial score (nSPS) is 13.4. The maximum atomic E-state index is 13.3. The number of ether oxygens (including phenoxy) is 1. The van der Waals surface area contributed by atoms with Crippen LogP contribution in [0.25, 0.3) is 0 Å². The van der Waals surface area contributed by atoms with E-state index in [1.165, 1.54) is 28.5 Å². The summed E-state index contributed by atoms with van der Waals surface area (Å²) in [6.07, 6.45) is 3.08. The highest BCUT2D eigenvalue weighted by Crippen LogP contribution is 2.33. The maximum Gasteiger partial charge on any atom is 0.264 e. The molecule has 1 aliphatic heterocycles. The van der Waals surface area contributed by atoms with Crippen LogP contribution in [-0.4, -0.2) is 55.0 Å². The minimum atomic E-state index is -3.70. The summed E-state index contributed by atoms with van der Waals surface area (Å²) in [5.74, 6) is 0.861.